The van der Waals surface area contributed by atoms with E-state index < -0.39 is 10.9 Å². The van der Waals surface area contributed by atoms with Crippen molar-refractivity contribution < 1.29 is 14.8 Å². The number of hydrogen-bond donors (Lipinski definition) is 2. The molecule has 0 heterocycles. The zero-order valence-corrected chi connectivity index (χ0v) is 10.3. The number of unbranched alkanes of at least 4 members (excludes halogenated alkanes) is 2. The Kier molecular flexibility index (Phi) is 5.35. The number of nitrogens with zero attached hydrogens (tertiary/aromatic N) is 1. The van der Waals surface area contributed by atoms with Gasteiger partial charge in [-0.3, -0.25) is 10.1 Å². The van der Waals surface area contributed by atoms with Crippen LogP contribution >= 0.6 is 0 Å². The van der Waals surface area contributed by atoms with Crippen molar-refractivity contribution in [3.05, 3.63) is 33.9 Å². The number of benzene rings is 1. The van der Waals surface area contributed by atoms with Gasteiger partial charge in [-0.05, 0) is 25.0 Å². The summed E-state index contributed by atoms with van der Waals surface area (Å²) in [6.07, 6.45) is 7.34. The Bertz CT molecular complexity index is 520. The van der Waals surface area contributed by atoms with E-state index in [1.807, 2.05) is 0 Å². The van der Waals surface area contributed by atoms with Crippen molar-refractivity contribution in [2.75, 3.05) is 11.9 Å². The molecule has 0 unspecified atom stereocenters. The first-order chi connectivity index (χ1) is 9.06. The van der Waals surface area contributed by atoms with Crippen LogP contribution in [0.5, 0.6) is 0 Å². The topological polar surface area (TPSA) is 92.5 Å². The monoisotopic (exact) mass is 262 g/mol. The number of nitro benzene ring substituents is 1. The molecule has 0 atom stereocenters. The Morgan fingerprint density at radius 1 is 1.47 bits per heavy atom. The van der Waals surface area contributed by atoms with Crippen molar-refractivity contribution in [1.29, 1.82) is 0 Å². The molecule has 1 aromatic rings. The Hall–Kier alpha value is -2.55. The fraction of sp³-hybridized carbons (Fsp3) is 0.308. The molecule has 0 radical (unpaired) electrons. The molecular formula is C13H14N2O4. The molecule has 0 fully saturated rings. The third-order valence-corrected chi connectivity index (χ3v) is 2.50. The standard InChI is InChI=1S/C13H14N2O4/c1-2-3-4-5-8-14-11-9-10(13(16)17)6-7-12(11)15(18)19/h1,6-7,9,14H,3-5,8H2,(H,16,17). The molecule has 100 valence electrons. The van der Waals surface area contributed by atoms with Crippen LogP contribution in [-0.2, 0) is 0 Å². The summed E-state index contributed by atoms with van der Waals surface area (Å²) in [7, 11) is 0. The second-order valence-corrected chi connectivity index (χ2v) is 3.88. The van der Waals surface area contributed by atoms with E-state index in [4.69, 9.17) is 11.5 Å². The van der Waals surface area contributed by atoms with Crippen molar-refractivity contribution in [1.82, 2.24) is 0 Å². The van der Waals surface area contributed by atoms with E-state index in [2.05, 4.69) is 11.2 Å². The molecule has 0 aliphatic carbocycles. The highest BCUT2D eigenvalue weighted by Gasteiger charge is 2.15. The number of carboxylic acids is 1. The Morgan fingerprint density at radius 3 is 2.79 bits per heavy atom. The van der Waals surface area contributed by atoms with Gasteiger partial charge in [0.1, 0.15) is 5.69 Å². The molecule has 0 saturated heterocycles. The number of carboxylic acid groups (broad SMARTS) is 1. The van der Waals surface area contributed by atoms with Gasteiger partial charge in [0.05, 0.1) is 10.5 Å². The molecule has 0 aliphatic heterocycles. The predicted octanol–water partition coefficient (Wildman–Crippen LogP) is 2.51. The minimum absolute atomic E-state index is 0.0109. The summed E-state index contributed by atoms with van der Waals surface area (Å²) < 4.78 is 0. The molecule has 1 aromatic carbocycles. The summed E-state index contributed by atoms with van der Waals surface area (Å²) in [6, 6.07) is 3.67. The van der Waals surface area contributed by atoms with Gasteiger partial charge in [0.25, 0.3) is 5.69 Å². The lowest BCUT2D eigenvalue weighted by atomic mass is 10.1. The molecular weight excluding hydrogens is 248 g/mol. The Morgan fingerprint density at radius 2 is 2.21 bits per heavy atom. The van der Waals surface area contributed by atoms with E-state index in [1.165, 1.54) is 18.2 Å². The number of terminal acetylenes is 1. The van der Waals surface area contributed by atoms with E-state index in [1.54, 1.807) is 0 Å². The van der Waals surface area contributed by atoms with Gasteiger partial charge in [0.2, 0.25) is 0 Å². The van der Waals surface area contributed by atoms with Crippen LogP contribution in [0.2, 0.25) is 0 Å². The van der Waals surface area contributed by atoms with Crippen LogP contribution in [-0.4, -0.2) is 22.5 Å². The minimum Gasteiger partial charge on any atom is -0.478 e. The molecule has 19 heavy (non-hydrogen) atoms. The van der Waals surface area contributed by atoms with Gasteiger partial charge in [-0.2, -0.15) is 0 Å². The largest absolute Gasteiger partial charge is 0.478 e. The number of carbonyl (C=O) groups is 1. The third kappa shape index (κ3) is 4.32. The lowest BCUT2D eigenvalue weighted by Gasteiger charge is -2.07. The number of nitrogens with one attached hydrogen (secondary N) is 1. The summed E-state index contributed by atoms with van der Waals surface area (Å²) in [5, 5.41) is 22.6. The van der Waals surface area contributed by atoms with E-state index in [0.29, 0.717) is 13.0 Å². The fourth-order valence-corrected chi connectivity index (χ4v) is 1.54. The summed E-state index contributed by atoms with van der Waals surface area (Å²) in [5.74, 6) is 1.39. The molecule has 0 aliphatic rings. The second kappa shape index (κ2) is 7.01. The molecule has 0 amide bonds. The van der Waals surface area contributed by atoms with E-state index in [-0.39, 0.29) is 16.9 Å². The minimum atomic E-state index is -1.12. The van der Waals surface area contributed by atoms with Crippen molar-refractivity contribution in [2.24, 2.45) is 0 Å². The zero-order chi connectivity index (χ0) is 14.3. The maximum atomic E-state index is 10.8. The van der Waals surface area contributed by atoms with Crippen molar-refractivity contribution in [3.63, 3.8) is 0 Å². The SMILES string of the molecule is C#CCCCCNc1cc(C(=O)O)ccc1[N+](=O)[O-]. The van der Waals surface area contributed by atoms with Crippen LogP contribution in [0, 0.1) is 22.5 Å². The van der Waals surface area contributed by atoms with Crippen molar-refractivity contribution >= 4 is 17.3 Å². The smallest absolute Gasteiger partial charge is 0.335 e. The molecule has 2 N–H and O–H groups in total. The quantitative estimate of drug-likeness (QED) is 0.341. The van der Waals surface area contributed by atoms with Gasteiger partial charge in [0.15, 0.2) is 0 Å². The highest BCUT2D eigenvalue weighted by atomic mass is 16.6. The number of aromatic carboxylic acids is 1. The molecule has 1 rings (SSSR count). The first-order valence-corrected chi connectivity index (χ1v) is 5.75. The number of rotatable bonds is 7. The molecule has 6 nitrogen and oxygen atoms in total. The highest BCUT2D eigenvalue weighted by Crippen LogP contribution is 2.25. The second-order valence-electron chi connectivity index (χ2n) is 3.88. The third-order valence-electron chi connectivity index (χ3n) is 2.50. The van der Waals surface area contributed by atoms with E-state index in [0.717, 1.165) is 12.8 Å². The number of anilines is 1. The van der Waals surface area contributed by atoms with Gasteiger partial charge in [-0.25, -0.2) is 4.79 Å². The van der Waals surface area contributed by atoms with Crippen LogP contribution in [0.15, 0.2) is 18.2 Å². The summed E-state index contributed by atoms with van der Waals surface area (Å²) in [6.45, 7) is 0.506. The lowest BCUT2D eigenvalue weighted by molar-refractivity contribution is -0.384. The molecule has 0 aromatic heterocycles. The van der Waals surface area contributed by atoms with Crippen molar-refractivity contribution in [2.45, 2.75) is 19.3 Å². The predicted molar refractivity (Wildman–Crippen MR) is 71.2 cm³/mol. The average molecular weight is 262 g/mol. The average Bonchev–Trinajstić information content (AvgIpc) is 2.38. The first kappa shape index (κ1) is 14.5. The zero-order valence-electron chi connectivity index (χ0n) is 10.3. The van der Waals surface area contributed by atoms with Crippen LogP contribution in [0.3, 0.4) is 0 Å². The number of nitro groups is 1. The van der Waals surface area contributed by atoms with Crippen LogP contribution in [0.25, 0.3) is 0 Å². The Labute approximate surface area is 110 Å². The molecule has 0 saturated carbocycles. The maximum Gasteiger partial charge on any atom is 0.335 e. The van der Waals surface area contributed by atoms with Crippen LogP contribution < -0.4 is 5.32 Å². The fourth-order valence-electron chi connectivity index (χ4n) is 1.54. The van der Waals surface area contributed by atoms with Gasteiger partial charge in [-0.1, -0.05) is 0 Å². The summed E-state index contributed by atoms with van der Waals surface area (Å²) in [5.41, 5.74) is 0.0873. The molecule has 0 spiro atoms. The van der Waals surface area contributed by atoms with Gasteiger partial charge in [-0.15, -0.1) is 12.3 Å². The van der Waals surface area contributed by atoms with Crippen LogP contribution in [0.4, 0.5) is 11.4 Å². The van der Waals surface area contributed by atoms with Gasteiger partial charge < -0.3 is 10.4 Å². The van der Waals surface area contributed by atoms with Crippen molar-refractivity contribution in [3.8, 4) is 12.3 Å². The Balaban J connectivity index is 2.78. The normalized spacial score (nSPS) is 9.63. The van der Waals surface area contributed by atoms with E-state index >= 15 is 0 Å². The number of hydrogen-bond acceptors (Lipinski definition) is 4. The van der Waals surface area contributed by atoms with Crippen LogP contribution in [0.1, 0.15) is 29.6 Å². The summed E-state index contributed by atoms with van der Waals surface area (Å²) in [4.78, 5) is 21.1. The first-order valence-electron chi connectivity index (χ1n) is 5.75. The van der Waals surface area contributed by atoms with Gasteiger partial charge >= 0.3 is 5.97 Å². The van der Waals surface area contributed by atoms with E-state index in [9.17, 15) is 14.9 Å². The maximum absolute atomic E-state index is 10.8. The lowest BCUT2D eigenvalue weighted by Crippen LogP contribution is -2.06. The molecule has 6 heteroatoms. The van der Waals surface area contributed by atoms with Gasteiger partial charge in [0, 0.05) is 19.0 Å². The summed E-state index contributed by atoms with van der Waals surface area (Å²) >= 11 is 0. The molecule has 0 bridgehead atoms. The highest BCUT2D eigenvalue weighted by molar-refractivity contribution is 5.90.